The fraction of sp³-hybridized carbons (Fsp3) is 0.235. The summed E-state index contributed by atoms with van der Waals surface area (Å²) in [6.07, 6.45) is 0. The number of benzene rings is 2. The highest BCUT2D eigenvalue weighted by molar-refractivity contribution is 7.92. The molecule has 0 aromatic heterocycles. The van der Waals surface area contributed by atoms with Gasteiger partial charge in [0.05, 0.1) is 20.6 Å². The number of carboxylic acids is 1. The van der Waals surface area contributed by atoms with Gasteiger partial charge in [-0.1, -0.05) is 40.9 Å². The SMILES string of the molecule is Cc1cc(C)c(N(CC(=O)O)S(=O)(=O)c2ccc(Cl)c(Cl)c2)c(C)c1. The van der Waals surface area contributed by atoms with Crippen LogP contribution < -0.4 is 4.31 Å². The molecule has 5 nitrogen and oxygen atoms in total. The molecule has 0 atom stereocenters. The van der Waals surface area contributed by atoms with E-state index in [1.165, 1.54) is 18.2 Å². The molecule has 0 aliphatic rings. The third-order valence-electron chi connectivity index (χ3n) is 3.64. The van der Waals surface area contributed by atoms with Crippen molar-refractivity contribution in [3.63, 3.8) is 0 Å². The van der Waals surface area contributed by atoms with E-state index in [-0.39, 0.29) is 14.9 Å². The van der Waals surface area contributed by atoms with Crippen LogP contribution in [0.4, 0.5) is 5.69 Å². The van der Waals surface area contributed by atoms with E-state index < -0.39 is 22.5 Å². The van der Waals surface area contributed by atoms with Crippen molar-refractivity contribution in [2.45, 2.75) is 25.7 Å². The van der Waals surface area contributed by atoms with Gasteiger partial charge in [0.1, 0.15) is 6.54 Å². The van der Waals surface area contributed by atoms with Crippen LogP contribution >= 0.6 is 23.2 Å². The Bertz CT molecular complexity index is 919. The molecule has 0 spiro atoms. The summed E-state index contributed by atoms with van der Waals surface area (Å²) in [5.74, 6) is -1.26. The molecule has 0 saturated heterocycles. The van der Waals surface area contributed by atoms with Gasteiger partial charge in [0.2, 0.25) is 0 Å². The van der Waals surface area contributed by atoms with E-state index in [9.17, 15) is 18.3 Å². The first-order chi connectivity index (χ1) is 11.5. The number of nitrogens with zero attached hydrogens (tertiary/aromatic N) is 1. The van der Waals surface area contributed by atoms with Crippen molar-refractivity contribution in [2.75, 3.05) is 10.8 Å². The molecule has 2 rings (SSSR count). The molecule has 0 heterocycles. The molecule has 8 heteroatoms. The molecular weight excluding hydrogens is 385 g/mol. The Morgan fingerprint density at radius 2 is 1.60 bits per heavy atom. The Labute approximate surface area is 156 Å². The Balaban J connectivity index is 2.69. The monoisotopic (exact) mass is 401 g/mol. The zero-order chi connectivity index (χ0) is 18.9. The second-order valence-corrected chi connectivity index (χ2v) is 8.41. The molecule has 0 amide bonds. The van der Waals surface area contributed by atoms with Crippen LogP contribution in [-0.4, -0.2) is 26.0 Å². The zero-order valence-corrected chi connectivity index (χ0v) is 16.2. The molecule has 2 aromatic rings. The summed E-state index contributed by atoms with van der Waals surface area (Å²) in [6.45, 7) is 4.68. The summed E-state index contributed by atoms with van der Waals surface area (Å²) < 4.78 is 27.1. The predicted octanol–water partition coefficient (Wildman–Crippen LogP) is 4.20. The summed E-state index contributed by atoms with van der Waals surface area (Å²) in [5.41, 5.74) is 2.64. The number of hydrogen-bond donors (Lipinski definition) is 1. The minimum atomic E-state index is -4.14. The van der Waals surface area contributed by atoms with Gasteiger partial charge in [0, 0.05) is 0 Å². The van der Waals surface area contributed by atoms with Gasteiger partial charge in [-0.05, 0) is 50.1 Å². The number of halogens is 2. The van der Waals surface area contributed by atoms with Crippen molar-refractivity contribution >= 4 is 44.9 Å². The van der Waals surface area contributed by atoms with E-state index in [0.717, 1.165) is 9.87 Å². The third kappa shape index (κ3) is 4.08. The second kappa shape index (κ2) is 7.23. The van der Waals surface area contributed by atoms with Crippen LogP contribution in [0, 0.1) is 20.8 Å². The molecule has 0 bridgehead atoms. The summed E-state index contributed by atoms with van der Waals surface area (Å²) in [4.78, 5) is 11.2. The van der Waals surface area contributed by atoms with Crippen molar-refractivity contribution in [3.05, 3.63) is 57.1 Å². The molecule has 0 fully saturated rings. The normalized spacial score (nSPS) is 11.4. The average Bonchev–Trinajstić information content (AvgIpc) is 2.47. The zero-order valence-electron chi connectivity index (χ0n) is 13.9. The van der Waals surface area contributed by atoms with Gasteiger partial charge in [-0.3, -0.25) is 9.10 Å². The molecule has 25 heavy (non-hydrogen) atoms. The van der Waals surface area contributed by atoms with E-state index in [0.29, 0.717) is 16.8 Å². The third-order valence-corrected chi connectivity index (χ3v) is 6.12. The van der Waals surface area contributed by atoms with Crippen molar-refractivity contribution in [3.8, 4) is 0 Å². The molecule has 0 aliphatic carbocycles. The summed E-state index contributed by atoms with van der Waals surface area (Å²) >= 11 is 11.8. The second-order valence-electron chi connectivity index (χ2n) is 5.73. The van der Waals surface area contributed by atoms with Crippen molar-refractivity contribution in [2.24, 2.45) is 0 Å². The van der Waals surface area contributed by atoms with Gasteiger partial charge < -0.3 is 5.11 Å². The maximum absolute atomic E-state index is 13.1. The summed E-state index contributed by atoms with van der Waals surface area (Å²) in [7, 11) is -4.14. The van der Waals surface area contributed by atoms with Crippen LogP contribution in [0.5, 0.6) is 0 Å². The number of carbonyl (C=O) groups is 1. The minimum absolute atomic E-state index is 0.0790. The van der Waals surface area contributed by atoms with Crippen LogP contribution in [0.1, 0.15) is 16.7 Å². The minimum Gasteiger partial charge on any atom is -0.480 e. The Kier molecular flexibility index (Phi) is 5.66. The van der Waals surface area contributed by atoms with Crippen LogP contribution in [-0.2, 0) is 14.8 Å². The van der Waals surface area contributed by atoms with E-state index in [4.69, 9.17) is 23.2 Å². The van der Waals surface area contributed by atoms with Gasteiger partial charge in [-0.15, -0.1) is 0 Å². The van der Waals surface area contributed by atoms with Gasteiger partial charge in [0.25, 0.3) is 10.0 Å². The first-order valence-corrected chi connectivity index (χ1v) is 9.51. The predicted molar refractivity (Wildman–Crippen MR) is 99.3 cm³/mol. The van der Waals surface area contributed by atoms with Crippen molar-refractivity contribution < 1.29 is 18.3 Å². The standard InChI is InChI=1S/C17H17Cl2NO4S/c1-10-6-11(2)17(12(3)7-10)20(9-16(21)22)25(23,24)13-4-5-14(18)15(19)8-13/h4-8H,9H2,1-3H3,(H,21,22). The Morgan fingerprint density at radius 1 is 1.04 bits per heavy atom. The lowest BCUT2D eigenvalue weighted by Crippen LogP contribution is -2.36. The van der Waals surface area contributed by atoms with Gasteiger partial charge in [0.15, 0.2) is 0 Å². The number of rotatable bonds is 5. The maximum Gasteiger partial charge on any atom is 0.324 e. The van der Waals surface area contributed by atoms with Gasteiger partial charge in [-0.2, -0.15) is 0 Å². The average molecular weight is 402 g/mol. The fourth-order valence-corrected chi connectivity index (χ4v) is 4.67. The summed E-state index contributed by atoms with van der Waals surface area (Å²) in [5, 5.41) is 9.53. The highest BCUT2D eigenvalue weighted by Crippen LogP contribution is 2.33. The maximum atomic E-state index is 13.1. The Morgan fingerprint density at radius 3 is 2.08 bits per heavy atom. The number of anilines is 1. The molecule has 134 valence electrons. The quantitative estimate of drug-likeness (QED) is 0.814. The van der Waals surface area contributed by atoms with Crippen molar-refractivity contribution in [1.29, 1.82) is 0 Å². The molecule has 0 aliphatic heterocycles. The highest BCUT2D eigenvalue weighted by Gasteiger charge is 2.29. The van der Waals surface area contributed by atoms with E-state index in [2.05, 4.69) is 0 Å². The number of sulfonamides is 1. The summed E-state index contributed by atoms with van der Waals surface area (Å²) in [6, 6.07) is 7.50. The lowest BCUT2D eigenvalue weighted by atomic mass is 10.1. The first-order valence-electron chi connectivity index (χ1n) is 7.31. The first kappa shape index (κ1) is 19.6. The molecule has 2 aromatic carbocycles. The molecule has 1 N–H and O–H groups in total. The fourth-order valence-electron chi connectivity index (χ4n) is 2.74. The van der Waals surface area contributed by atoms with Crippen molar-refractivity contribution in [1.82, 2.24) is 0 Å². The number of aliphatic carboxylic acids is 1. The van der Waals surface area contributed by atoms with Crippen LogP contribution in [0.15, 0.2) is 35.2 Å². The van der Waals surface area contributed by atoms with E-state index >= 15 is 0 Å². The molecule has 0 radical (unpaired) electrons. The topological polar surface area (TPSA) is 74.7 Å². The molecule has 0 saturated carbocycles. The highest BCUT2D eigenvalue weighted by atomic mass is 35.5. The number of carboxylic acid groups (broad SMARTS) is 1. The van der Waals surface area contributed by atoms with E-state index in [1.807, 2.05) is 19.1 Å². The van der Waals surface area contributed by atoms with Gasteiger partial charge >= 0.3 is 5.97 Å². The van der Waals surface area contributed by atoms with Crippen LogP contribution in [0.25, 0.3) is 0 Å². The smallest absolute Gasteiger partial charge is 0.324 e. The number of hydrogen-bond acceptors (Lipinski definition) is 3. The Hall–Kier alpha value is -1.76. The van der Waals surface area contributed by atoms with E-state index in [1.54, 1.807) is 13.8 Å². The van der Waals surface area contributed by atoms with Crippen LogP contribution in [0.3, 0.4) is 0 Å². The van der Waals surface area contributed by atoms with Gasteiger partial charge in [-0.25, -0.2) is 8.42 Å². The van der Waals surface area contributed by atoms with Crippen LogP contribution in [0.2, 0.25) is 10.0 Å². The molecule has 0 unspecified atom stereocenters. The largest absolute Gasteiger partial charge is 0.480 e. The molecular formula is C17H17Cl2NO4S. The number of aryl methyl sites for hydroxylation is 3. The lowest BCUT2D eigenvalue weighted by molar-refractivity contribution is -0.135. The lowest BCUT2D eigenvalue weighted by Gasteiger charge is -2.26.